The Labute approximate surface area is 125 Å². The van der Waals surface area contributed by atoms with Gasteiger partial charge in [0.25, 0.3) is 0 Å². The SMILES string of the molecule is CNCC1(CN(CC2CC2)CC2CC2)CCCCCC1. The van der Waals surface area contributed by atoms with Crippen molar-refractivity contribution in [3.63, 3.8) is 0 Å². The average Bonchev–Trinajstić information content (AvgIpc) is 3.24. The van der Waals surface area contributed by atoms with Crippen LogP contribution in [0.5, 0.6) is 0 Å². The molecule has 0 atom stereocenters. The van der Waals surface area contributed by atoms with Crippen LogP contribution in [0.25, 0.3) is 0 Å². The minimum absolute atomic E-state index is 0.578. The molecule has 3 saturated carbocycles. The molecule has 0 amide bonds. The molecular weight excluding hydrogens is 244 g/mol. The van der Waals surface area contributed by atoms with E-state index in [1.54, 1.807) is 0 Å². The highest BCUT2D eigenvalue weighted by molar-refractivity contribution is 4.90. The quantitative estimate of drug-likeness (QED) is 0.682. The van der Waals surface area contributed by atoms with Gasteiger partial charge in [-0.15, -0.1) is 0 Å². The van der Waals surface area contributed by atoms with Gasteiger partial charge in [0.05, 0.1) is 0 Å². The van der Waals surface area contributed by atoms with Gasteiger partial charge in [-0.05, 0) is 62.8 Å². The smallest absolute Gasteiger partial charge is 0.00504 e. The number of hydrogen-bond acceptors (Lipinski definition) is 2. The van der Waals surface area contributed by atoms with Gasteiger partial charge in [-0.2, -0.15) is 0 Å². The predicted molar refractivity (Wildman–Crippen MR) is 85.9 cm³/mol. The van der Waals surface area contributed by atoms with Crippen LogP contribution in [0.15, 0.2) is 0 Å². The summed E-state index contributed by atoms with van der Waals surface area (Å²) in [4.78, 5) is 2.87. The second-order valence-electron chi connectivity index (χ2n) is 8.03. The van der Waals surface area contributed by atoms with Crippen molar-refractivity contribution >= 4 is 0 Å². The molecule has 0 saturated heterocycles. The normalized spacial score (nSPS) is 26.7. The van der Waals surface area contributed by atoms with Gasteiger partial charge in [0, 0.05) is 26.2 Å². The Morgan fingerprint density at radius 1 is 0.900 bits per heavy atom. The Kier molecular flexibility index (Phi) is 5.04. The molecule has 3 rings (SSSR count). The molecule has 2 heteroatoms. The van der Waals surface area contributed by atoms with Crippen LogP contribution in [0.1, 0.15) is 64.2 Å². The van der Waals surface area contributed by atoms with Crippen LogP contribution < -0.4 is 5.32 Å². The first kappa shape index (κ1) is 14.8. The van der Waals surface area contributed by atoms with Gasteiger partial charge in [0.2, 0.25) is 0 Å². The van der Waals surface area contributed by atoms with E-state index in [1.807, 2.05) is 0 Å². The number of nitrogens with one attached hydrogen (secondary N) is 1. The van der Waals surface area contributed by atoms with Gasteiger partial charge in [0.15, 0.2) is 0 Å². The lowest BCUT2D eigenvalue weighted by Gasteiger charge is -2.38. The molecule has 1 N–H and O–H groups in total. The van der Waals surface area contributed by atoms with Crippen molar-refractivity contribution in [1.82, 2.24) is 10.2 Å². The summed E-state index contributed by atoms with van der Waals surface area (Å²) in [6, 6.07) is 0. The minimum Gasteiger partial charge on any atom is -0.319 e. The number of rotatable bonds is 8. The lowest BCUT2D eigenvalue weighted by molar-refractivity contribution is 0.120. The van der Waals surface area contributed by atoms with Gasteiger partial charge in [-0.25, -0.2) is 0 Å². The molecule has 0 radical (unpaired) electrons. The van der Waals surface area contributed by atoms with Crippen LogP contribution in [0.3, 0.4) is 0 Å². The van der Waals surface area contributed by atoms with E-state index in [4.69, 9.17) is 0 Å². The zero-order chi connectivity index (χ0) is 13.8. The third-order valence-electron chi connectivity index (χ3n) is 5.70. The Morgan fingerprint density at radius 3 is 1.90 bits per heavy atom. The van der Waals surface area contributed by atoms with Crippen molar-refractivity contribution in [2.45, 2.75) is 64.2 Å². The molecule has 2 nitrogen and oxygen atoms in total. The van der Waals surface area contributed by atoms with Crippen molar-refractivity contribution in [2.75, 3.05) is 33.2 Å². The van der Waals surface area contributed by atoms with Gasteiger partial charge in [-0.3, -0.25) is 0 Å². The highest BCUT2D eigenvalue weighted by atomic mass is 15.1. The average molecular weight is 278 g/mol. The molecular formula is C18H34N2. The second-order valence-corrected chi connectivity index (χ2v) is 8.03. The van der Waals surface area contributed by atoms with Crippen LogP contribution in [0, 0.1) is 17.3 Å². The summed E-state index contributed by atoms with van der Waals surface area (Å²) < 4.78 is 0. The summed E-state index contributed by atoms with van der Waals surface area (Å²) in [5.41, 5.74) is 0.578. The predicted octanol–water partition coefficient (Wildman–Crippen LogP) is 3.67. The van der Waals surface area contributed by atoms with Gasteiger partial charge >= 0.3 is 0 Å². The molecule has 0 aromatic carbocycles. The Balaban J connectivity index is 1.60. The van der Waals surface area contributed by atoms with Crippen LogP contribution in [-0.2, 0) is 0 Å². The van der Waals surface area contributed by atoms with E-state index in [0.29, 0.717) is 5.41 Å². The fourth-order valence-electron chi connectivity index (χ4n) is 4.25. The van der Waals surface area contributed by atoms with Crippen molar-refractivity contribution in [3.05, 3.63) is 0 Å². The van der Waals surface area contributed by atoms with Gasteiger partial charge in [0.1, 0.15) is 0 Å². The van der Waals surface area contributed by atoms with Gasteiger partial charge < -0.3 is 10.2 Å². The number of hydrogen-bond donors (Lipinski definition) is 1. The maximum Gasteiger partial charge on any atom is 0.00504 e. The third kappa shape index (κ3) is 4.46. The van der Waals surface area contributed by atoms with Crippen molar-refractivity contribution in [1.29, 1.82) is 0 Å². The molecule has 116 valence electrons. The highest BCUT2D eigenvalue weighted by Gasteiger charge is 2.36. The first-order chi connectivity index (χ1) is 9.80. The van der Waals surface area contributed by atoms with Crippen molar-refractivity contribution < 1.29 is 0 Å². The van der Waals surface area contributed by atoms with Crippen LogP contribution in [0.4, 0.5) is 0 Å². The van der Waals surface area contributed by atoms with E-state index in [2.05, 4.69) is 17.3 Å². The van der Waals surface area contributed by atoms with Crippen LogP contribution >= 0.6 is 0 Å². The molecule has 0 aromatic rings. The minimum atomic E-state index is 0.578. The highest BCUT2D eigenvalue weighted by Crippen LogP contribution is 2.39. The van der Waals surface area contributed by atoms with Crippen molar-refractivity contribution in [2.24, 2.45) is 17.3 Å². The Bertz CT molecular complexity index is 272. The molecule has 0 heterocycles. The molecule has 20 heavy (non-hydrogen) atoms. The molecule has 3 aliphatic rings. The maximum atomic E-state index is 3.52. The summed E-state index contributed by atoms with van der Waals surface area (Å²) in [7, 11) is 2.15. The van der Waals surface area contributed by atoms with Crippen LogP contribution in [0.2, 0.25) is 0 Å². The summed E-state index contributed by atoms with van der Waals surface area (Å²) in [6.45, 7) is 5.42. The maximum absolute atomic E-state index is 3.52. The third-order valence-corrected chi connectivity index (χ3v) is 5.70. The fourth-order valence-corrected chi connectivity index (χ4v) is 4.25. The van der Waals surface area contributed by atoms with E-state index >= 15 is 0 Å². The van der Waals surface area contributed by atoms with Crippen molar-refractivity contribution in [3.8, 4) is 0 Å². The molecule has 3 fully saturated rings. The molecule has 0 aliphatic heterocycles. The molecule has 3 aliphatic carbocycles. The van der Waals surface area contributed by atoms with Crippen LogP contribution in [-0.4, -0.2) is 38.1 Å². The lowest BCUT2D eigenvalue weighted by atomic mass is 9.79. The first-order valence-corrected chi connectivity index (χ1v) is 9.17. The monoisotopic (exact) mass is 278 g/mol. The fraction of sp³-hybridized carbons (Fsp3) is 1.00. The zero-order valence-electron chi connectivity index (χ0n) is 13.5. The summed E-state index contributed by atoms with van der Waals surface area (Å²) in [5.74, 6) is 2.09. The second kappa shape index (κ2) is 6.79. The topological polar surface area (TPSA) is 15.3 Å². The summed E-state index contributed by atoms with van der Waals surface area (Å²) in [5, 5.41) is 3.52. The molecule has 0 spiro atoms. The van der Waals surface area contributed by atoms with E-state index in [9.17, 15) is 0 Å². The Morgan fingerprint density at radius 2 is 1.45 bits per heavy atom. The largest absolute Gasteiger partial charge is 0.319 e. The molecule has 0 aromatic heterocycles. The lowest BCUT2D eigenvalue weighted by Crippen LogP contribution is -2.44. The summed E-state index contributed by atoms with van der Waals surface area (Å²) in [6.07, 6.45) is 14.8. The van der Waals surface area contributed by atoms with E-state index in [0.717, 1.165) is 11.8 Å². The van der Waals surface area contributed by atoms with E-state index < -0.39 is 0 Å². The van der Waals surface area contributed by atoms with E-state index in [1.165, 1.54) is 90.4 Å². The van der Waals surface area contributed by atoms with E-state index in [-0.39, 0.29) is 0 Å². The Hall–Kier alpha value is -0.0800. The standard InChI is InChI=1S/C18H34N2/c1-19-14-18(10-4-2-3-5-11-18)15-20(12-16-6-7-16)13-17-8-9-17/h16-17,19H,2-15H2,1H3. The first-order valence-electron chi connectivity index (χ1n) is 9.17. The number of nitrogens with zero attached hydrogens (tertiary/aromatic N) is 1. The zero-order valence-corrected chi connectivity index (χ0v) is 13.5. The van der Waals surface area contributed by atoms with Gasteiger partial charge in [-0.1, -0.05) is 25.7 Å². The summed E-state index contributed by atoms with van der Waals surface area (Å²) >= 11 is 0. The molecule has 0 bridgehead atoms. The molecule has 0 unspecified atom stereocenters.